The third-order valence-electron chi connectivity index (χ3n) is 3.14. The van der Waals surface area contributed by atoms with Crippen molar-refractivity contribution in [2.75, 3.05) is 0 Å². The molecule has 1 nitrogen and oxygen atoms in total. The van der Waals surface area contributed by atoms with Gasteiger partial charge in [-0.25, -0.2) is 4.39 Å². The zero-order valence-electron chi connectivity index (χ0n) is 11.3. The predicted molar refractivity (Wildman–Crippen MR) is 71.2 cm³/mol. The first kappa shape index (κ1) is 15.5. The van der Waals surface area contributed by atoms with E-state index in [1.807, 2.05) is 19.1 Å². The van der Waals surface area contributed by atoms with Crippen LogP contribution in [0.3, 0.4) is 0 Å². The zero-order valence-corrected chi connectivity index (χ0v) is 11.3. The maximum Gasteiger partial charge on any atom is 0.416 e. The van der Waals surface area contributed by atoms with E-state index in [4.69, 9.17) is 0 Å². The SMILES string of the molecule is Cc1cccc(CC(O)c2cc(F)cc(C(F)(F)F)c2)c1. The third-order valence-corrected chi connectivity index (χ3v) is 3.14. The average molecular weight is 298 g/mol. The Labute approximate surface area is 119 Å². The van der Waals surface area contributed by atoms with E-state index in [1.165, 1.54) is 0 Å². The molecule has 0 bridgehead atoms. The van der Waals surface area contributed by atoms with E-state index in [9.17, 15) is 22.7 Å². The molecule has 0 fully saturated rings. The Bertz CT molecular complexity index is 634. The van der Waals surface area contributed by atoms with Gasteiger partial charge < -0.3 is 5.11 Å². The summed E-state index contributed by atoms with van der Waals surface area (Å²) in [7, 11) is 0. The first-order chi connectivity index (χ1) is 9.75. The van der Waals surface area contributed by atoms with Gasteiger partial charge in [0.1, 0.15) is 5.82 Å². The highest BCUT2D eigenvalue weighted by Crippen LogP contribution is 2.32. The number of halogens is 4. The Balaban J connectivity index is 2.27. The van der Waals surface area contributed by atoms with Gasteiger partial charge in [0.15, 0.2) is 0 Å². The number of aliphatic hydroxyl groups is 1. The van der Waals surface area contributed by atoms with Crippen LogP contribution in [0.25, 0.3) is 0 Å². The molecule has 112 valence electrons. The van der Waals surface area contributed by atoms with Gasteiger partial charge >= 0.3 is 6.18 Å². The summed E-state index contributed by atoms with van der Waals surface area (Å²) in [6, 6.07) is 9.39. The standard InChI is InChI=1S/C16H14F4O/c1-10-3-2-4-11(5-10)6-15(21)12-7-13(16(18,19)20)9-14(17)8-12/h2-5,7-9,15,21H,6H2,1H3. The molecule has 0 saturated heterocycles. The summed E-state index contributed by atoms with van der Waals surface area (Å²) in [6.07, 6.45) is -5.70. The quantitative estimate of drug-likeness (QED) is 0.831. The molecule has 2 rings (SSSR count). The van der Waals surface area contributed by atoms with Gasteiger partial charge in [-0.1, -0.05) is 29.8 Å². The molecule has 1 unspecified atom stereocenters. The highest BCUT2D eigenvalue weighted by atomic mass is 19.4. The van der Waals surface area contributed by atoms with Gasteiger partial charge in [-0.3, -0.25) is 0 Å². The molecule has 2 aromatic rings. The number of hydrogen-bond acceptors (Lipinski definition) is 1. The molecule has 0 aliphatic heterocycles. The van der Waals surface area contributed by atoms with Crippen LogP contribution in [0.5, 0.6) is 0 Å². The normalized spacial score (nSPS) is 13.2. The Kier molecular flexibility index (Phi) is 4.32. The summed E-state index contributed by atoms with van der Waals surface area (Å²) in [5, 5.41) is 10.0. The van der Waals surface area contributed by atoms with Crippen molar-refractivity contribution in [2.45, 2.75) is 25.6 Å². The predicted octanol–water partition coefficient (Wildman–Crippen LogP) is 4.43. The fraction of sp³-hybridized carbons (Fsp3) is 0.250. The molecule has 0 spiro atoms. The van der Waals surface area contributed by atoms with Crippen LogP contribution in [0.4, 0.5) is 17.6 Å². The lowest BCUT2D eigenvalue weighted by Crippen LogP contribution is -2.09. The first-order valence-electron chi connectivity index (χ1n) is 6.37. The van der Waals surface area contributed by atoms with Gasteiger partial charge in [0.05, 0.1) is 11.7 Å². The average Bonchev–Trinajstić information content (AvgIpc) is 2.37. The van der Waals surface area contributed by atoms with Crippen LogP contribution in [0, 0.1) is 12.7 Å². The molecule has 0 amide bonds. The monoisotopic (exact) mass is 298 g/mol. The van der Waals surface area contributed by atoms with Crippen LogP contribution in [0.15, 0.2) is 42.5 Å². The van der Waals surface area contributed by atoms with E-state index in [0.717, 1.165) is 23.3 Å². The summed E-state index contributed by atoms with van der Waals surface area (Å²) in [5.74, 6) is -1.01. The van der Waals surface area contributed by atoms with Gasteiger partial charge in [-0.2, -0.15) is 13.2 Å². The molecular formula is C16H14F4O. The molecule has 0 heterocycles. The van der Waals surface area contributed by atoms with Gasteiger partial charge in [-0.05, 0) is 36.2 Å². The van der Waals surface area contributed by atoms with E-state index in [1.54, 1.807) is 12.1 Å². The van der Waals surface area contributed by atoms with Crippen LogP contribution in [-0.4, -0.2) is 5.11 Å². The lowest BCUT2D eigenvalue weighted by Gasteiger charge is -2.14. The minimum absolute atomic E-state index is 0.0798. The van der Waals surface area contributed by atoms with Crippen molar-refractivity contribution in [1.82, 2.24) is 0 Å². The van der Waals surface area contributed by atoms with E-state index < -0.39 is 23.7 Å². The van der Waals surface area contributed by atoms with Crippen LogP contribution >= 0.6 is 0 Å². The second-order valence-electron chi connectivity index (χ2n) is 4.98. The molecule has 0 aliphatic carbocycles. The maximum absolute atomic E-state index is 13.3. The minimum atomic E-state index is -4.64. The smallest absolute Gasteiger partial charge is 0.388 e. The fourth-order valence-electron chi connectivity index (χ4n) is 2.15. The molecule has 1 N–H and O–H groups in total. The van der Waals surface area contributed by atoms with Crippen molar-refractivity contribution in [3.63, 3.8) is 0 Å². The summed E-state index contributed by atoms with van der Waals surface area (Å²) < 4.78 is 51.2. The molecule has 0 aliphatic rings. The largest absolute Gasteiger partial charge is 0.416 e. The molecular weight excluding hydrogens is 284 g/mol. The molecule has 0 aromatic heterocycles. The number of aliphatic hydroxyl groups excluding tert-OH is 1. The molecule has 2 aromatic carbocycles. The van der Waals surface area contributed by atoms with Crippen molar-refractivity contribution in [1.29, 1.82) is 0 Å². The van der Waals surface area contributed by atoms with Gasteiger partial charge in [-0.15, -0.1) is 0 Å². The number of hydrogen-bond donors (Lipinski definition) is 1. The maximum atomic E-state index is 13.3. The van der Waals surface area contributed by atoms with Crippen molar-refractivity contribution < 1.29 is 22.7 Å². The van der Waals surface area contributed by atoms with Crippen LogP contribution < -0.4 is 0 Å². The highest BCUT2D eigenvalue weighted by Gasteiger charge is 2.31. The first-order valence-corrected chi connectivity index (χ1v) is 6.37. The van der Waals surface area contributed by atoms with E-state index in [-0.39, 0.29) is 12.0 Å². The van der Waals surface area contributed by atoms with Gasteiger partial charge in [0.2, 0.25) is 0 Å². The lowest BCUT2D eigenvalue weighted by molar-refractivity contribution is -0.137. The van der Waals surface area contributed by atoms with Gasteiger partial charge in [0, 0.05) is 6.42 Å². The summed E-state index contributed by atoms with van der Waals surface area (Å²) in [4.78, 5) is 0. The molecule has 5 heteroatoms. The van der Waals surface area contributed by atoms with Crippen molar-refractivity contribution >= 4 is 0 Å². The molecule has 21 heavy (non-hydrogen) atoms. The Morgan fingerprint density at radius 2 is 1.81 bits per heavy atom. The number of rotatable bonds is 3. The Hall–Kier alpha value is -1.88. The van der Waals surface area contributed by atoms with Crippen LogP contribution in [0.2, 0.25) is 0 Å². The third kappa shape index (κ3) is 4.04. The summed E-state index contributed by atoms with van der Waals surface area (Å²) in [6.45, 7) is 1.87. The van der Waals surface area contributed by atoms with Crippen molar-refractivity contribution in [2.24, 2.45) is 0 Å². The Morgan fingerprint density at radius 3 is 2.43 bits per heavy atom. The van der Waals surface area contributed by atoms with E-state index >= 15 is 0 Å². The zero-order chi connectivity index (χ0) is 15.6. The fourth-order valence-corrected chi connectivity index (χ4v) is 2.15. The highest BCUT2D eigenvalue weighted by molar-refractivity contribution is 5.30. The number of alkyl halides is 3. The summed E-state index contributed by atoms with van der Waals surface area (Å²) >= 11 is 0. The van der Waals surface area contributed by atoms with E-state index in [2.05, 4.69) is 0 Å². The van der Waals surface area contributed by atoms with Crippen molar-refractivity contribution in [3.8, 4) is 0 Å². The second kappa shape index (κ2) is 5.85. The molecule has 0 saturated carbocycles. The minimum Gasteiger partial charge on any atom is -0.388 e. The number of aryl methyl sites for hydroxylation is 1. The van der Waals surface area contributed by atoms with Gasteiger partial charge in [0.25, 0.3) is 0 Å². The number of benzene rings is 2. The summed E-state index contributed by atoms with van der Waals surface area (Å²) in [5.41, 5.74) is 0.583. The topological polar surface area (TPSA) is 20.2 Å². The molecule has 0 radical (unpaired) electrons. The Morgan fingerprint density at radius 1 is 1.10 bits per heavy atom. The lowest BCUT2D eigenvalue weighted by atomic mass is 9.98. The van der Waals surface area contributed by atoms with E-state index in [0.29, 0.717) is 6.07 Å². The van der Waals surface area contributed by atoms with Crippen LogP contribution in [0.1, 0.15) is 28.4 Å². The van der Waals surface area contributed by atoms with Crippen molar-refractivity contribution in [3.05, 3.63) is 70.5 Å². The molecule has 1 atom stereocenters. The van der Waals surface area contributed by atoms with Crippen LogP contribution in [-0.2, 0) is 12.6 Å². The second-order valence-corrected chi connectivity index (χ2v) is 4.98.